The van der Waals surface area contributed by atoms with Gasteiger partial charge >= 0.3 is 5.97 Å². The zero-order valence-corrected chi connectivity index (χ0v) is 17.4. The van der Waals surface area contributed by atoms with E-state index in [0.29, 0.717) is 25.3 Å². The van der Waals surface area contributed by atoms with Gasteiger partial charge in [0.2, 0.25) is 0 Å². The third-order valence-corrected chi connectivity index (χ3v) is 5.95. The van der Waals surface area contributed by atoms with E-state index in [1.807, 2.05) is 30.5 Å². The summed E-state index contributed by atoms with van der Waals surface area (Å²) < 4.78 is 10.3. The number of H-pyrrole nitrogens is 1. The van der Waals surface area contributed by atoms with Crippen LogP contribution in [-0.2, 0) is 25.5 Å². The van der Waals surface area contributed by atoms with Gasteiger partial charge in [-0.3, -0.25) is 4.79 Å². The number of aromatic nitrogens is 1. The standard InChI is InChI=1S/C24H26N2O4/c1-4-16-13-26(23(27)20-14-30-12-10-17(16)20)11-9-19-18-7-5-6-8-21(18)25-22(19)15(2)24(28)29-3/h5-8,13-14,17,25H,2,4,9-12H2,1,3H3/t17-/m0/s1. The average Bonchev–Trinajstić information content (AvgIpc) is 3.16. The minimum Gasteiger partial charge on any atom is -0.501 e. The number of para-hydroxylation sites is 1. The molecule has 0 spiro atoms. The zero-order chi connectivity index (χ0) is 21.3. The number of ether oxygens (including phenoxy) is 2. The third-order valence-electron chi connectivity index (χ3n) is 5.95. The van der Waals surface area contributed by atoms with E-state index in [-0.39, 0.29) is 17.4 Å². The van der Waals surface area contributed by atoms with Crippen LogP contribution in [0.15, 0.2) is 54.5 Å². The smallest absolute Gasteiger partial charge is 0.339 e. The lowest BCUT2D eigenvalue weighted by atomic mass is 9.83. The van der Waals surface area contributed by atoms with Gasteiger partial charge in [0.1, 0.15) is 0 Å². The fourth-order valence-electron chi connectivity index (χ4n) is 4.35. The Bertz CT molecular complexity index is 1080. The predicted molar refractivity (Wildman–Crippen MR) is 115 cm³/mol. The van der Waals surface area contributed by atoms with Crippen LogP contribution in [0, 0.1) is 5.92 Å². The number of hydrogen-bond acceptors (Lipinski definition) is 4. The van der Waals surface area contributed by atoms with Crippen LogP contribution in [0.4, 0.5) is 0 Å². The highest BCUT2D eigenvalue weighted by Gasteiger charge is 2.34. The Hall–Kier alpha value is -3.28. The lowest BCUT2D eigenvalue weighted by molar-refractivity contribution is -0.133. The second kappa shape index (κ2) is 8.22. The van der Waals surface area contributed by atoms with Gasteiger partial charge in [0.05, 0.1) is 36.8 Å². The van der Waals surface area contributed by atoms with Crippen molar-refractivity contribution in [1.29, 1.82) is 0 Å². The summed E-state index contributed by atoms with van der Waals surface area (Å²) >= 11 is 0. The van der Waals surface area contributed by atoms with E-state index in [0.717, 1.165) is 34.9 Å². The van der Waals surface area contributed by atoms with E-state index in [2.05, 4.69) is 18.5 Å². The Morgan fingerprint density at radius 1 is 1.37 bits per heavy atom. The van der Waals surface area contributed by atoms with Crippen molar-refractivity contribution in [1.82, 2.24) is 9.88 Å². The molecule has 2 aromatic rings. The number of allylic oxidation sites excluding steroid dienone is 1. The molecule has 1 amide bonds. The molecule has 0 bridgehead atoms. The normalized spacial score (nSPS) is 18.4. The van der Waals surface area contributed by atoms with E-state index < -0.39 is 5.97 Å². The number of esters is 1. The summed E-state index contributed by atoms with van der Waals surface area (Å²) in [6.07, 6.45) is 5.94. The third kappa shape index (κ3) is 3.43. The van der Waals surface area contributed by atoms with Crippen molar-refractivity contribution in [3.8, 4) is 0 Å². The Morgan fingerprint density at radius 2 is 2.17 bits per heavy atom. The van der Waals surface area contributed by atoms with Crippen LogP contribution in [0.2, 0.25) is 0 Å². The minimum atomic E-state index is -0.475. The highest BCUT2D eigenvalue weighted by Crippen LogP contribution is 2.35. The molecule has 30 heavy (non-hydrogen) atoms. The summed E-state index contributed by atoms with van der Waals surface area (Å²) in [5, 5.41) is 1.01. The lowest BCUT2D eigenvalue weighted by Gasteiger charge is -2.34. The zero-order valence-electron chi connectivity index (χ0n) is 17.4. The van der Waals surface area contributed by atoms with Crippen molar-refractivity contribution in [2.75, 3.05) is 20.3 Å². The number of amides is 1. The van der Waals surface area contributed by atoms with Crippen molar-refractivity contribution in [3.05, 3.63) is 65.7 Å². The van der Waals surface area contributed by atoms with Crippen LogP contribution in [-0.4, -0.2) is 42.0 Å². The van der Waals surface area contributed by atoms with Gasteiger partial charge in [-0.2, -0.15) is 0 Å². The maximum absolute atomic E-state index is 13.1. The van der Waals surface area contributed by atoms with E-state index in [1.165, 1.54) is 12.7 Å². The van der Waals surface area contributed by atoms with E-state index in [1.54, 1.807) is 11.2 Å². The van der Waals surface area contributed by atoms with E-state index in [9.17, 15) is 9.59 Å². The molecule has 4 rings (SSSR count). The van der Waals surface area contributed by atoms with Gasteiger partial charge < -0.3 is 19.4 Å². The first-order valence-electron chi connectivity index (χ1n) is 10.3. The van der Waals surface area contributed by atoms with Crippen LogP contribution < -0.4 is 0 Å². The number of nitrogens with zero attached hydrogens (tertiary/aromatic N) is 1. The topological polar surface area (TPSA) is 71.6 Å². The van der Waals surface area contributed by atoms with Crippen molar-refractivity contribution in [3.63, 3.8) is 0 Å². The molecule has 2 aliphatic rings. The number of aromatic amines is 1. The fraction of sp³-hybridized carbons (Fsp3) is 0.333. The number of methoxy groups -OCH3 is 1. The SMILES string of the molecule is C=C(C(=O)OC)c1[nH]c2ccccc2c1CCN1C=C(CC)[C@@H]2CCOC=C2C1=O. The molecule has 6 heteroatoms. The van der Waals surface area contributed by atoms with Crippen molar-refractivity contribution < 1.29 is 19.1 Å². The van der Waals surface area contributed by atoms with Gasteiger partial charge in [-0.25, -0.2) is 4.79 Å². The summed E-state index contributed by atoms with van der Waals surface area (Å²) in [7, 11) is 1.34. The predicted octanol–water partition coefficient (Wildman–Crippen LogP) is 3.95. The van der Waals surface area contributed by atoms with Crippen LogP contribution in [0.1, 0.15) is 31.0 Å². The lowest BCUT2D eigenvalue weighted by Crippen LogP contribution is -2.38. The number of rotatable bonds is 6. The highest BCUT2D eigenvalue weighted by atomic mass is 16.5. The number of hydrogen-bond donors (Lipinski definition) is 1. The minimum absolute atomic E-state index is 0.00918. The quantitative estimate of drug-likeness (QED) is 0.582. The molecule has 1 N–H and O–H groups in total. The molecular formula is C24H26N2O4. The Labute approximate surface area is 175 Å². The number of nitrogens with one attached hydrogen (secondary N) is 1. The Kier molecular flexibility index (Phi) is 5.48. The highest BCUT2D eigenvalue weighted by molar-refractivity contribution is 6.16. The van der Waals surface area contributed by atoms with Crippen LogP contribution >= 0.6 is 0 Å². The van der Waals surface area contributed by atoms with Gasteiger partial charge in [-0.1, -0.05) is 31.7 Å². The Morgan fingerprint density at radius 3 is 2.93 bits per heavy atom. The average molecular weight is 406 g/mol. The van der Waals surface area contributed by atoms with Gasteiger partial charge in [0, 0.05) is 29.6 Å². The molecule has 0 fully saturated rings. The van der Waals surface area contributed by atoms with Gasteiger partial charge in [0.25, 0.3) is 5.91 Å². The molecular weight excluding hydrogens is 380 g/mol. The largest absolute Gasteiger partial charge is 0.501 e. The summed E-state index contributed by atoms with van der Waals surface area (Å²) in [6.45, 7) is 7.17. The van der Waals surface area contributed by atoms with Gasteiger partial charge in [-0.15, -0.1) is 0 Å². The van der Waals surface area contributed by atoms with E-state index >= 15 is 0 Å². The van der Waals surface area contributed by atoms with Gasteiger partial charge in [-0.05, 0) is 36.5 Å². The van der Waals surface area contributed by atoms with Crippen molar-refractivity contribution in [2.45, 2.75) is 26.2 Å². The summed E-state index contributed by atoms with van der Waals surface area (Å²) in [6, 6.07) is 7.87. The number of carbonyl (C=O) groups is 2. The van der Waals surface area contributed by atoms with E-state index in [4.69, 9.17) is 9.47 Å². The molecule has 0 unspecified atom stereocenters. The molecule has 1 atom stereocenters. The molecule has 1 aromatic carbocycles. The molecule has 156 valence electrons. The maximum Gasteiger partial charge on any atom is 0.339 e. The molecule has 3 heterocycles. The molecule has 0 radical (unpaired) electrons. The second-order valence-electron chi connectivity index (χ2n) is 7.59. The second-order valence-corrected chi connectivity index (χ2v) is 7.59. The molecule has 2 aliphatic heterocycles. The monoisotopic (exact) mass is 406 g/mol. The van der Waals surface area contributed by atoms with Crippen LogP contribution in [0.25, 0.3) is 16.5 Å². The summed E-state index contributed by atoms with van der Waals surface area (Å²) in [4.78, 5) is 30.2. The van der Waals surface area contributed by atoms with Crippen LogP contribution in [0.5, 0.6) is 0 Å². The van der Waals surface area contributed by atoms with Gasteiger partial charge in [0.15, 0.2) is 0 Å². The molecule has 0 saturated carbocycles. The fourth-order valence-corrected chi connectivity index (χ4v) is 4.35. The Balaban J connectivity index is 1.66. The first-order chi connectivity index (χ1) is 14.5. The number of carbonyl (C=O) groups excluding carboxylic acids is 2. The number of fused-ring (bicyclic) bond motifs is 2. The first kappa shape index (κ1) is 20.0. The molecule has 0 aliphatic carbocycles. The molecule has 0 saturated heterocycles. The van der Waals surface area contributed by atoms with Crippen molar-refractivity contribution in [2.24, 2.45) is 5.92 Å². The molecule has 1 aromatic heterocycles. The first-order valence-corrected chi connectivity index (χ1v) is 10.3. The number of benzene rings is 1. The maximum atomic E-state index is 13.1. The summed E-state index contributed by atoms with van der Waals surface area (Å²) in [5.41, 5.74) is 4.80. The van der Waals surface area contributed by atoms with Crippen LogP contribution in [0.3, 0.4) is 0 Å². The van der Waals surface area contributed by atoms with Crippen molar-refractivity contribution >= 4 is 28.4 Å². The molecule has 6 nitrogen and oxygen atoms in total. The summed E-state index contributed by atoms with van der Waals surface area (Å²) in [5.74, 6) is -0.322.